The Kier molecular flexibility index (Phi) is 4.98. The highest BCUT2D eigenvalue weighted by atomic mass is 19.1. The molecule has 4 heterocycles. The molecule has 1 spiro atoms. The SMILES string of the molecule is Nc1c(F)c(N2CCC(Cc3ccccn3)C2)c2c3c1c(=O)c(C(=O)O)cn3C1(CCC1)CCO2. The number of hydrogen-bond acceptors (Lipinski definition) is 6. The summed E-state index contributed by atoms with van der Waals surface area (Å²) in [7, 11) is 0. The van der Waals surface area contributed by atoms with Crippen LogP contribution in [0, 0.1) is 11.7 Å². The first-order chi connectivity index (χ1) is 16.9. The van der Waals surface area contributed by atoms with Crippen LogP contribution in [0.3, 0.4) is 0 Å². The van der Waals surface area contributed by atoms with Crippen molar-refractivity contribution in [2.24, 2.45) is 5.92 Å². The first kappa shape index (κ1) is 21.9. The van der Waals surface area contributed by atoms with Gasteiger partial charge in [-0.1, -0.05) is 6.07 Å². The normalized spacial score (nSPS) is 20.5. The van der Waals surface area contributed by atoms with Crippen LogP contribution >= 0.6 is 0 Å². The fourth-order valence-electron chi connectivity index (χ4n) is 6.04. The summed E-state index contributed by atoms with van der Waals surface area (Å²) in [5.41, 5.74) is 6.10. The molecule has 0 amide bonds. The Morgan fingerprint density at radius 1 is 1.31 bits per heavy atom. The molecular formula is C26H27FN4O4. The van der Waals surface area contributed by atoms with Gasteiger partial charge in [0, 0.05) is 43.1 Å². The summed E-state index contributed by atoms with van der Waals surface area (Å²) >= 11 is 0. The minimum Gasteiger partial charge on any atom is -0.489 e. The molecule has 1 unspecified atom stereocenters. The summed E-state index contributed by atoms with van der Waals surface area (Å²) < 4.78 is 24.0. The Morgan fingerprint density at radius 3 is 2.83 bits per heavy atom. The van der Waals surface area contributed by atoms with Crippen LogP contribution in [0.25, 0.3) is 10.9 Å². The maximum Gasteiger partial charge on any atom is 0.341 e. The molecule has 3 aromatic rings. The van der Waals surface area contributed by atoms with Crippen molar-refractivity contribution in [2.75, 3.05) is 30.3 Å². The molecule has 1 aliphatic carbocycles. The van der Waals surface area contributed by atoms with E-state index in [9.17, 15) is 14.7 Å². The van der Waals surface area contributed by atoms with E-state index in [1.807, 2.05) is 27.7 Å². The quantitative estimate of drug-likeness (QED) is 0.552. The highest BCUT2D eigenvalue weighted by Gasteiger charge is 2.43. The Labute approximate surface area is 201 Å². The van der Waals surface area contributed by atoms with Gasteiger partial charge in [0.1, 0.15) is 11.3 Å². The molecule has 3 N–H and O–H groups in total. The number of aromatic carboxylic acids is 1. The standard InChI is InChI=1S/C26H27FN4O4/c27-19-20(28)18-21-24(22(19)30-10-5-15(13-30)12-16-4-1-2-9-29-16)35-11-8-26(6-3-7-26)31(21)14-17(23(18)32)25(33)34/h1-2,4,9,14-15H,3,5-8,10-13,28H2,(H,33,34). The van der Waals surface area contributed by atoms with Crippen molar-refractivity contribution in [3.05, 3.63) is 57.9 Å². The molecule has 182 valence electrons. The van der Waals surface area contributed by atoms with Crippen molar-refractivity contribution >= 4 is 28.2 Å². The second-order valence-corrected chi connectivity index (χ2v) is 9.98. The number of anilines is 2. The van der Waals surface area contributed by atoms with E-state index < -0.39 is 22.8 Å². The van der Waals surface area contributed by atoms with Crippen LogP contribution in [0.15, 0.2) is 35.4 Å². The number of carboxylic acids is 1. The van der Waals surface area contributed by atoms with Gasteiger partial charge in [-0.05, 0) is 50.2 Å². The monoisotopic (exact) mass is 478 g/mol. The zero-order valence-electron chi connectivity index (χ0n) is 19.3. The van der Waals surface area contributed by atoms with E-state index in [0.29, 0.717) is 37.4 Å². The summed E-state index contributed by atoms with van der Waals surface area (Å²) in [6.45, 7) is 1.59. The fraction of sp³-hybridized carbons (Fsp3) is 0.423. The third kappa shape index (κ3) is 3.28. The number of nitrogens with two attached hydrogens (primary N) is 1. The van der Waals surface area contributed by atoms with Gasteiger partial charge in [0.25, 0.3) is 0 Å². The third-order valence-corrected chi connectivity index (χ3v) is 8.02. The van der Waals surface area contributed by atoms with Gasteiger partial charge in [-0.15, -0.1) is 0 Å². The second-order valence-electron chi connectivity index (χ2n) is 9.98. The molecule has 0 radical (unpaired) electrons. The smallest absolute Gasteiger partial charge is 0.341 e. The van der Waals surface area contributed by atoms with E-state index >= 15 is 4.39 Å². The van der Waals surface area contributed by atoms with E-state index in [1.165, 1.54) is 6.20 Å². The number of fused-ring (bicyclic) bond motifs is 1. The maximum atomic E-state index is 15.9. The number of nitrogens with zero attached hydrogens (tertiary/aromatic N) is 3. The van der Waals surface area contributed by atoms with Crippen LogP contribution in [-0.2, 0) is 12.0 Å². The summed E-state index contributed by atoms with van der Waals surface area (Å²) in [6.07, 6.45) is 8.17. The number of nitrogen functional groups attached to an aromatic ring is 1. The predicted molar refractivity (Wildman–Crippen MR) is 130 cm³/mol. The lowest BCUT2D eigenvalue weighted by molar-refractivity contribution is 0.0691. The lowest BCUT2D eigenvalue weighted by Crippen LogP contribution is -2.42. The van der Waals surface area contributed by atoms with E-state index in [-0.39, 0.29) is 28.2 Å². The third-order valence-electron chi connectivity index (χ3n) is 8.02. The molecule has 2 aromatic heterocycles. The minimum atomic E-state index is -1.34. The van der Waals surface area contributed by atoms with Crippen LogP contribution in [0.4, 0.5) is 15.8 Å². The van der Waals surface area contributed by atoms with Crippen LogP contribution < -0.4 is 20.8 Å². The second kappa shape index (κ2) is 7.96. The highest BCUT2D eigenvalue weighted by molar-refractivity contribution is 6.03. The summed E-state index contributed by atoms with van der Waals surface area (Å²) in [5.74, 6) is -1.49. The highest BCUT2D eigenvalue weighted by Crippen LogP contribution is 2.51. The molecule has 1 aromatic carbocycles. The van der Waals surface area contributed by atoms with E-state index in [0.717, 1.165) is 37.8 Å². The van der Waals surface area contributed by atoms with Crippen molar-refractivity contribution in [2.45, 2.75) is 44.1 Å². The van der Waals surface area contributed by atoms with Gasteiger partial charge in [0.2, 0.25) is 5.43 Å². The van der Waals surface area contributed by atoms with E-state index in [4.69, 9.17) is 10.5 Å². The number of ether oxygens (including phenoxy) is 1. The average molecular weight is 479 g/mol. The van der Waals surface area contributed by atoms with Crippen molar-refractivity contribution in [3.8, 4) is 5.75 Å². The van der Waals surface area contributed by atoms with Gasteiger partial charge in [0.05, 0.1) is 23.2 Å². The largest absolute Gasteiger partial charge is 0.489 e. The summed E-state index contributed by atoms with van der Waals surface area (Å²) in [6, 6.07) is 5.83. The van der Waals surface area contributed by atoms with Gasteiger partial charge in [-0.3, -0.25) is 9.78 Å². The first-order valence-electron chi connectivity index (χ1n) is 12.1. The Bertz CT molecular complexity index is 1400. The number of rotatable bonds is 4. The van der Waals surface area contributed by atoms with Crippen molar-refractivity contribution in [1.82, 2.24) is 9.55 Å². The van der Waals surface area contributed by atoms with Crippen molar-refractivity contribution in [1.29, 1.82) is 0 Å². The molecule has 0 bridgehead atoms. The number of aromatic nitrogens is 2. The van der Waals surface area contributed by atoms with Gasteiger partial charge in [-0.2, -0.15) is 0 Å². The van der Waals surface area contributed by atoms with Crippen LogP contribution in [-0.4, -0.2) is 40.3 Å². The zero-order valence-corrected chi connectivity index (χ0v) is 19.3. The first-order valence-corrected chi connectivity index (χ1v) is 12.1. The van der Waals surface area contributed by atoms with Crippen LogP contribution in [0.5, 0.6) is 5.75 Å². The Morgan fingerprint density at radius 2 is 2.14 bits per heavy atom. The number of carbonyl (C=O) groups is 1. The summed E-state index contributed by atoms with van der Waals surface area (Å²) in [5, 5.41) is 9.61. The van der Waals surface area contributed by atoms with Gasteiger partial charge in [0.15, 0.2) is 11.6 Å². The topological polar surface area (TPSA) is 111 Å². The van der Waals surface area contributed by atoms with Crippen LogP contribution in [0.2, 0.25) is 0 Å². The maximum absolute atomic E-state index is 15.9. The van der Waals surface area contributed by atoms with Gasteiger partial charge < -0.3 is 25.0 Å². The fourth-order valence-corrected chi connectivity index (χ4v) is 6.04. The van der Waals surface area contributed by atoms with Gasteiger partial charge in [-0.25, -0.2) is 9.18 Å². The van der Waals surface area contributed by atoms with Crippen LogP contribution in [0.1, 0.15) is 48.2 Å². The molecule has 1 saturated carbocycles. The zero-order chi connectivity index (χ0) is 24.3. The lowest BCUT2D eigenvalue weighted by Gasteiger charge is -2.44. The number of halogens is 1. The molecule has 2 fully saturated rings. The minimum absolute atomic E-state index is 0.0986. The Balaban J connectivity index is 1.52. The summed E-state index contributed by atoms with van der Waals surface area (Å²) in [4.78, 5) is 31.5. The molecule has 35 heavy (non-hydrogen) atoms. The Hall–Kier alpha value is -3.62. The predicted octanol–water partition coefficient (Wildman–Crippen LogP) is 3.55. The van der Waals surface area contributed by atoms with E-state index in [2.05, 4.69) is 4.98 Å². The molecule has 2 aliphatic heterocycles. The van der Waals surface area contributed by atoms with Gasteiger partial charge >= 0.3 is 5.97 Å². The average Bonchev–Trinajstić information content (AvgIpc) is 3.19. The van der Waals surface area contributed by atoms with Crippen molar-refractivity contribution < 1.29 is 19.0 Å². The molecule has 1 saturated heterocycles. The number of benzene rings is 1. The molecule has 1 atom stereocenters. The molecule has 8 nitrogen and oxygen atoms in total. The number of pyridine rings is 2. The molecular weight excluding hydrogens is 451 g/mol. The molecule has 6 rings (SSSR count). The molecule has 9 heteroatoms. The molecule has 3 aliphatic rings. The number of hydrogen-bond donors (Lipinski definition) is 2. The lowest BCUT2D eigenvalue weighted by atomic mass is 9.74. The van der Waals surface area contributed by atoms with Crippen molar-refractivity contribution in [3.63, 3.8) is 0 Å². The van der Waals surface area contributed by atoms with E-state index in [1.54, 1.807) is 6.20 Å². The number of carboxylic acid groups (broad SMARTS) is 1.